The van der Waals surface area contributed by atoms with E-state index in [0.29, 0.717) is 5.95 Å². The van der Waals surface area contributed by atoms with E-state index in [1.165, 1.54) is 58.5 Å². The number of hydrogen-bond acceptors (Lipinski definition) is 6. The maximum absolute atomic E-state index is 11.9. The number of H-pyrrole nitrogens is 1. The largest absolute Gasteiger partial charge is 0.453 e. The third-order valence-electron chi connectivity index (χ3n) is 5.56. The maximum Gasteiger partial charge on any atom is 0.413 e. The Kier molecular flexibility index (Phi) is 13.6. The van der Waals surface area contributed by atoms with Crippen molar-refractivity contribution < 1.29 is 22.1 Å². The molecule has 1 aromatic heterocycles. The maximum atomic E-state index is 11.9. The summed E-state index contributed by atoms with van der Waals surface area (Å²) >= 11 is 0. The number of imidazole rings is 1. The molecule has 0 saturated carbocycles. The number of fused-ring (bicyclic) bond motifs is 1. The molecular formula is C27H39N3O5S. The molecule has 0 fully saturated rings. The SMILES string of the molecule is CCCCCCCCCCCCOS(=O)(=O)c1ccccc1.COC(=O)Nc1nc2ccccc2[nH]1. The first-order valence-corrected chi connectivity index (χ1v) is 14.1. The summed E-state index contributed by atoms with van der Waals surface area (Å²) in [7, 11) is -2.27. The van der Waals surface area contributed by atoms with E-state index >= 15 is 0 Å². The van der Waals surface area contributed by atoms with Crippen LogP contribution in [-0.4, -0.2) is 38.2 Å². The molecule has 198 valence electrons. The lowest BCUT2D eigenvalue weighted by molar-refractivity contribution is 0.186. The van der Waals surface area contributed by atoms with E-state index in [2.05, 4.69) is 26.9 Å². The van der Waals surface area contributed by atoms with Crippen molar-refractivity contribution in [1.82, 2.24) is 9.97 Å². The van der Waals surface area contributed by atoms with Gasteiger partial charge in [-0.1, -0.05) is 95.0 Å². The number of carbonyl (C=O) groups is 1. The number of anilines is 1. The molecule has 36 heavy (non-hydrogen) atoms. The quantitative estimate of drug-likeness (QED) is 0.175. The number of aromatic amines is 1. The number of benzene rings is 2. The summed E-state index contributed by atoms with van der Waals surface area (Å²) in [5.74, 6) is 0.387. The summed E-state index contributed by atoms with van der Waals surface area (Å²) in [6.45, 7) is 2.52. The lowest BCUT2D eigenvalue weighted by Gasteiger charge is -2.05. The van der Waals surface area contributed by atoms with Crippen LogP contribution in [0.5, 0.6) is 0 Å². The molecule has 0 aliphatic rings. The minimum absolute atomic E-state index is 0.238. The van der Waals surface area contributed by atoms with Crippen LogP contribution in [0.2, 0.25) is 0 Å². The number of unbranched alkanes of at least 4 members (excludes halogenated alkanes) is 9. The second kappa shape index (κ2) is 16.7. The van der Waals surface area contributed by atoms with E-state index in [1.54, 1.807) is 30.3 Å². The van der Waals surface area contributed by atoms with Gasteiger partial charge < -0.3 is 9.72 Å². The fourth-order valence-corrected chi connectivity index (χ4v) is 4.54. The smallest absolute Gasteiger partial charge is 0.413 e. The van der Waals surface area contributed by atoms with Crippen molar-refractivity contribution in [3.63, 3.8) is 0 Å². The average molecular weight is 518 g/mol. The number of carbonyl (C=O) groups excluding carboxylic acids is 1. The fourth-order valence-electron chi connectivity index (χ4n) is 3.57. The molecule has 0 spiro atoms. The molecule has 0 unspecified atom stereocenters. The van der Waals surface area contributed by atoms with Crippen molar-refractivity contribution in [1.29, 1.82) is 0 Å². The van der Waals surface area contributed by atoms with Crippen LogP contribution in [0.4, 0.5) is 10.7 Å². The van der Waals surface area contributed by atoms with Crippen LogP contribution in [0.3, 0.4) is 0 Å². The van der Waals surface area contributed by atoms with Crippen LogP contribution in [0, 0.1) is 0 Å². The summed E-state index contributed by atoms with van der Waals surface area (Å²) in [5, 5.41) is 2.45. The molecule has 3 aromatic rings. The molecule has 0 atom stereocenters. The van der Waals surface area contributed by atoms with E-state index in [9.17, 15) is 13.2 Å². The van der Waals surface area contributed by atoms with E-state index in [-0.39, 0.29) is 11.5 Å². The van der Waals surface area contributed by atoms with Crippen LogP contribution in [-0.2, 0) is 19.0 Å². The molecule has 0 aliphatic heterocycles. The zero-order valence-corrected chi connectivity index (χ0v) is 22.2. The summed E-state index contributed by atoms with van der Waals surface area (Å²) in [5.41, 5.74) is 1.68. The number of nitrogens with zero attached hydrogens (tertiary/aromatic N) is 1. The zero-order chi connectivity index (χ0) is 26.1. The highest BCUT2D eigenvalue weighted by Gasteiger charge is 2.13. The predicted molar refractivity (Wildman–Crippen MR) is 144 cm³/mol. The predicted octanol–water partition coefficient (Wildman–Crippen LogP) is 7.05. The van der Waals surface area contributed by atoms with Crippen molar-refractivity contribution in [2.75, 3.05) is 19.0 Å². The molecule has 0 aliphatic carbocycles. The lowest BCUT2D eigenvalue weighted by Crippen LogP contribution is -2.11. The van der Waals surface area contributed by atoms with Gasteiger partial charge in [0, 0.05) is 0 Å². The Labute approximate surface area is 214 Å². The molecular weight excluding hydrogens is 478 g/mol. The van der Waals surface area contributed by atoms with Gasteiger partial charge in [-0.25, -0.2) is 9.78 Å². The molecule has 1 amide bonds. The van der Waals surface area contributed by atoms with Crippen LogP contribution in [0.25, 0.3) is 11.0 Å². The Balaban J connectivity index is 0.000000278. The lowest BCUT2D eigenvalue weighted by atomic mass is 10.1. The van der Waals surface area contributed by atoms with Gasteiger partial charge in [0.15, 0.2) is 0 Å². The Hall–Kier alpha value is -2.91. The molecule has 9 heteroatoms. The monoisotopic (exact) mass is 517 g/mol. The van der Waals surface area contributed by atoms with Crippen molar-refractivity contribution in [3.05, 3.63) is 54.6 Å². The van der Waals surface area contributed by atoms with Gasteiger partial charge in [-0.2, -0.15) is 8.42 Å². The van der Waals surface area contributed by atoms with Gasteiger partial charge in [-0.05, 0) is 30.7 Å². The molecule has 2 N–H and O–H groups in total. The van der Waals surface area contributed by atoms with Crippen molar-refractivity contribution >= 4 is 33.2 Å². The summed E-state index contributed by atoms with van der Waals surface area (Å²) in [6.07, 6.45) is 11.7. The minimum atomic E-state index is -3.57. The van der Waals surface area contributed by atoms with Crippen LogP contribution < -0.4 is 5.32 Å². The molecule has 0 radical (unpaired) electrons. The Bertz CT molecular complexity index is 1080. The highest BCUT2D eigenvalue weighted by atomic mass is 32.2. The van der Waals surface area contributed by atoms with Crippen LogP contribution in [0.15, 0.2) is 59.5 Å². The number of methoxy groups -OCH3 is 1. The number of ether oxygens (including phenoxy) is 1. The molecule has 8 nitrogen and oxygen atoms in total. The minimum Gasteiger partial charge on any atom is -0.453 e. The summed E-state index contributed by atoms with van der Waals surface area (Å²) in [4.78, 5) is 18.2. The van der Waals surface area contributed by atoms with Gasteiger partial charge in [0.25, 0.3) is 10.1 Å². The second-order valence-corrected chi connectivity index (χ2v) is 10.1. The van der Waals surface area contributed by atoms with E-state index in [1.807, 2.05) is 24.3 Å². The van der Waals surface area contributed by atoms with Gasteiger partial charge >= 0.3 is 6.09 Å². The van der Waals surface area contributed by atoms with Gasteiger partial charge in [0.2, 0.25) is 5.95 Å². The Morgan fingerprint density at radius 2 is 1.44 bits per heavy atom. The second-order valence-electron chi connectivity index (χ2n) is 8.49. The third-order valence-corrected chi connectivity index (χ3v) is 6.89. The average Bonchev–Trinajstić information content (AvgIpc) is 3.30. The number of rotatable bonds is 14. The Morgan fingerprint density at radius 3 is 2.06 bits per heavy atom. The standard InChI is InChI=1S/C18H30O3S.C9H9N3O2/c1-2-3-4-5-6-7-8-9-10-14-17-21-22(19,20)18-15-12-11-13-16-18;1-14-9(13)12-8-10-6-4-2-3-5-7(6)11-8/h11-13,15-16H,2-10,14,17H2,1H3;2-5H,1H3,(H2,10,11,12,13). The van der Waals surface area contributed by atoms with E-state index in [4.69, 9.17) is 4.18 Å². The van der Waals surface area contributed by atoms with E-state index in [0.717, 1.165) is 23.9 Å². The topological polar surface area (TPSA) is 110 Å². The first-order valence-electron chi connectivity index (χ1n) is 12.7. The van der Waals surface area contributed by atoms with Crippen LogP contribution in [0.1, 0.15) is 71.1 Å². The molecule has 3 rings (SSSR count). The zero-order valence-electron chi connectivity index (χ0n) is 21.4. The molecule has 0 saturated heterocycles. The number of para-hydroxylation sites is 2. The highest BCUT2D eigenvalue weighted by molar-refractivity contribution is 7.86. The first-order chi connectivity index (χ1) is 17.5. The highest BCUT2D eigenvalue weighted by Crippen LogP contribution is 2.14. The van der Waals surface area contributed by atoms with Gasteiger partial charge in [-0.15, -0.1) is 0 Å². The molecule has 0 bridgehead atoms. The van der Waals surface area contributed by atoms with Crippen molar-refractivity contribution in [3.8, 4) is 0 Å². The van der Waals surface area contributed by atoms with E-state index < -0.39 is 16.2 Å². The van der Waals surface area contributed by atoms with Gasteiger partial charge in [0.1, 0.15) is 0 Å². The third kappa shape index (κ3) is 11.2. The number of amides is 1. The molecule has 2 aromatic carbocycles. The normalized spacial score (nSPS) is 11.1. The summed E-state index contributed by atoms with van der Waals surface area (Å²) < 4.78 is 33.2. The summed E-state index contributed by atoms with van der Waals surface area (Å²) in [6, 6.07) is 15.8. The number of hydrogen-bond donors (Lipinski definition) is 2. The van der Waals surface area contributed by atoms with Gasteiger partial charge in [0.05, 0.1) is 29.6 Å². The number of nitrogens with one attached hydrogen (secondary N) is 2. The van der Waals surface area contributed by atoms with Crippen LogP contribution >= 0.6 is 0 Å². The Morgan fingerprint density at radius 1 is 0.861 bits per heavy atom. The van der Waals surface area contributed by atoms with Gasteiger partial charge in [-0.3, -0.25) is 9.50 Å². The number of aromatic nitrogens is 2. The molecule has 1 heterocycles. The van der Waals surface area contributed by atoms with Crippen molar-refractivity contribution in [2.24, 2.45) is 0 Å². The van der Waals surface area contributed by atoms with Crippen molar-refractivity contribution in [2.45, 2.75) is 76.0 Å². The first kappa shape index (κ1) is 29.3. The fraction of sp³-hybridized carbons (Fsp3) is 0.481.